The minimum absolute atomic E-state index is 0.289. The summed E-state index contributed by atoms with van der Waals surface area (Å²) in [6, 6.07) is 0.723. The highest BCUT2D eigenvalue weighted by molar-refractivity contribution is 5.20. The van der Waals surface area contributed by atoms with Crippen molar-refractivity contribution in [1.29, 1.82) is 0 Å². The molecule has 5 aliphatic carbocycles. The molecule has 0 aromatic carbocycles. The third kappa shape index (κ3) is 2.88. The zero-order valence-corrected chi connectivity index (χ0v) is 19.5. The van der Waals surface area contributed by atoms with Crippen molar-refractivity contribution >= 4 is 0 Å². The van der Waals surface area contributed by atoms with Gasteiger partial charge in [0, 0.05) is 17.0 Å². The van der Waals surface area contributed by atoms with Crippen LogP contribution in [0.1, 0.15) is 99.3 Å². The molecule has 5 saturated carbocycles. The maximum absolute atomic E-state index is 4.41. The van der Waals surface area contributed by atoms with Gasteiger partial charge in [0.05, 0.1) is 6.54 Å². The predicted molar refractivity (Wildman–Crippen MR) is 118 cm³/mol. The first kappa shape index (κ1) is 19.9. The van der Waals surface area contributed by atoms with Crippen LogP contribution in [-0.4, -0.2) is 16.5 Å². The molecule has 0 N–H and O–H groups in total. The smallest absolute Gasteiger partial charge is 0.0697 e. The summed E-state index contributed by atoms with van der Waals surface area (Å²) >= 11 is 0. The molecule has 1 aliphatic heterocycles. The normalized spacial score (nSPS) is 50.4. The minimum atomic E-state index is 0.289. The summed E-state index contributed by atoms with van der Waals surface area (Å²) in [4.78, 5) is 2.89. The molecule has 1 spiro atoms. The van der Waals surface area contributed by atoms with Gasteiger partial charge in [-0.15, -0.1) is 0 Å². The Kier molecular flexibility index (Phi) is 4.78. The largest absolute Gasteiger partial charge is 0.285 e. The van der Waals surface area contributed by atoms with Crippen molar-refractivity contribution in [2.75, 3.05) is 0 Å². The second kappa shape index (κ2) is 6.73. The van der Waals surface area contributed by atoms with Crippen LogP contribution in [0.4, 0.5) is 0 Å². The summed E-state index contributed by atoms with van der Waals surface area (Å²) in [5.74, 6) is 7.30. The molecule has 2 unspecified atom stereocenters. The Balaban J connectivity index is 1.49. The van der Waals surface area contributed by atoms with Gasteiger partial charge in [-0.25, -0.2) is 0 Å². The van der Waals surface area contributed by atoms with Crippen LogP contribution in [0.15, 0.2) is 0 Å². The quantitative estimate of drug-likeness (QED) is 0.504. The van der Waals surface area contributed by atoms with Gasteiger partial charge in [-0.2, -0.15) is 0 Å². The van der Waals surface area contributed by atoms with Crippen molar-refractivity contribution in [2.45, 2.75) is 111 Å². The zero-order valence-electron chi connectivity index (χ0n) is 19.5. The molecule has 28 heavy (non-hydrogen) atoms. The number of nitrogens with zero attached hydrogens (tertiary/aromatic N) is 1. The molecule has 1 heteroatoms. The van der Waals surface area contributed by atoms with E-state index in [0.29, 0.717) is 5.41 Å². The first-order valence-electron chi connectivity index (χ1n) is 12.8. The predicted octanol–water partition coefficient (Wildman–Crippen LogP) is 7.05. The average molecular weight is 384 g/mol. The first-order chi connectivity index (χ1) is 13.2. The van der Waals surface area contributed by atoms with E-state index in [2.05, 4.69) is 53.0 Å². The highest BCUT2D eigenvalue weighted by atomic mass is 15.3. The second-order valence-corrected chi connectivity index (χ2v) is 13.1. The maximum Gasteiger partial charge on any atom is 0.0697 e. The van der Waals surface area contributed by atoms with Gasteiger partial charge in [0.2, 0.25) is 0 Å². The van der Waals surface area contributed by atoms with E-state index in [1.165, 1.54) is 51.4 Å². The topological polar surface area (TPSA) is 3.24 Å². The van der Waals surface area contributed by atoms with Gasteiger partial charge in [-0.3, -0.25) is 4.90 Å². The lowest BCUT2D eigenvalue weighted by Gasteiger charge is -2.60. The number of hydrogen-bond acceptors (Lipinski definition) is 1. The van der Waals surface area contributed by atoms with E-state index in [4.69, 9.17) is 0 Å². The molecular formula is C27H45N. The molecule has 158 valence electrons. The van der Waals surface area contributed by atoms with Crippen LogP contribution in [0.2, 0.25) is 0 Å². The molecule has 2 atom stereocenters. The van der Waals surface area contributed by atoms with Crippen LogP contribution in [-0.2, 0) is 0 Å². The molecule has 0 amide bonds. The highest BCUT2D eigenvalue weighted by Crippen LogP contribution is 2.69. The summed E-state index contributed by atoms with van der Waals surface area (Å²) in [5.41, 5.74) is 0.717. The standard InChI is InChI=1S/C27H45N/c1-17(2)23-8-7-9-24(18(3)4)25(23)28-16-27(15-26(28,5)6)21-11-19-10-20(13-21)14-22(27)12-19/h17-25H,7-15H2,1-6H3. The van der Waals surface area contributed by atoms with Crippen LogP contribution in [0.5, 0.6) is 0 Å². The third-order valence-corrected chi connectivity index (χ3v) is 10.3. The van der Waals surface area contributed by atoms with Crippen molar-refractivity contribution in [1.82, 2.24) is 4.90 Å². The van der Waals surface area contributed by atoms with Gasteiger partial charge in [-0.05, 0) is 113 Å². The molecule has 6 rings (SSSR count). The molecule has 1 heterocycles. The Bertz CT molecular complexity index is 543. The van der Waals surface area contributed by atoms with Crippen LogP contribution in [0, 0.1) is 59.3 Å². The molecule has 6 fully saturated rings. The van der Waals surface area contributed by atoms with Crippen molar-refractivity contribution < 1.29 is 0 Å². The number of rotatable bonds is 3. The fourth-order valence-electron chi connectivity index (χ4n) is 9.28. The van der Waals surface area contributed by atoms with E-state index in [1.807, 2.05) is 0 Å². The Morgan fingerprint density at radius 2 is 1.29 bits per heavy atom. The number of hydrogen-bond donors (Lipinski definition) is 0. The summed E-state index contributed by atoms with van der Waals surface area (Å²) in [5, 5.41) is 0. The van der Waals surface area contributed by atoms with E-state index in [-0.39, 0.29) is 5.54 Å². The van der Waals surface area contributed by atoms with Crippen molar-refractivity contribution in [2.24, 2.45) is 52.8 Å². The van der Waals surface area contributed by atoms with E-state index in [0.717, 1.165) is 53.4 Å². The van der Waals surface area contributed by atoms with Gasteiger partial charge >= 0.3 is 0 Å². The Morgan fingerprint density at radius 1 is 0.786 bits per heavy atom. The van der Waals surface area contributed by atoms with Crippen LogP contribution in [0.25, 0.3) is 0 Å². The molecule has 1 saturated heterocycles. The maximum atomic E-state index is 4.41. The lowest BCUT2D eigenvalue weighted by molar-refractivity contribution is -0.0909. The van der Waals surface area contributed by atoms with Crippen molar-refractivity contribution in [3.05, 3.63) is 6.54 Å². The Labute approximate surface area is 175 Å². The average Bonchev–Trinajstić information content (AvgIpc) is 2.90. The molecule has 1 nitrogen and oxygen atoms in total. The van der Waals surface area contributed by atoms with Crippen LogP contribution < -0.4 is 0 Å². The molecule has 4 bridgehead atoms. The molecular weight excluding hydrogens is 338 g/mol. The summed E-state index contributed by atoms with van der Waals surface area (Å²) in [6.45, 7) is 19.5. The lowest BCUT2D eigenvalue weighted by Crippen LogP contribution is -2.55. The minimum Gasteiger partial charge on any atom is -0.285 e. The summed E-state index contributed by atoms with van der Waals surface area (Å²) in [6.07, 6.45) is 13.4. The first-order valence-corrected chi connectivity index (χ1v) is 12.8. The third-order valence-electron chi connectivity index (χ3n) is 10.3. The molecule has 2 radical (unpaired) electrons. The van der Waals surface area contributed by atoms with E-state index in [1.54, 1.807) is 6.42 Å². The number of likely N-dealkylation sites (tertiary alicyclic amines) is 1. The molecule has 6 aliphatic rings. The zero-order chi connectivity index (χ0) is 19.8. The summed E-state index contributed by atoms with van der Waals surface area (Å²) < 4.78 is 0. The Morgan fingerprint density at radius 3 is 1.75 bits per heavy atom. The van der Waals surface area contributed by atoms with Gasteiger partial charge in [0.25, 0.3) is 0 Å². The Hall–Kier alpha value is -0.0400. The fourth-order valence-corrected chi connectivity index (χ4v) is 9.28. The van der Waals surface area contributed by atoms with Gasteiger partial charge in [0.15, 0.2) is 0 Å². The van der Waals surface area contributed by atoms with E-state index >= 15 is 0 Å². The second-order valence-electron chi connectivity index (χ2n) is 13.1. The fraction of sp³-hybridized carbons (Fsp3) is 0.963. The van der Waals surface area contributed by atoms with Crippen LogP contribution in [0.3, 0.4) is 0 Å². The van der Waals surface area contributed by atoms with Crippen molar-refractivity contribution in [3.63, 3.8) is 0 Å². The van der Waals surface area contributed by atoms with Gasteiger partial charge in [-0.1, -0.05) is 34.1 Å². The summed E-state index contributed by atoms with van der Waals surface area (Å²) in [7, 11) is 0. The molecule has 0 aromatic heterocycles. The van der Waals surface area contributed by atoms with Crippen LogP contribution >= 0.6 is 0 Å². The van der Waals surface area contributed by atoms with E-state index < -0.39 is 0 Å². The molecule has 0 aromatic rings. The van der Waals surface area contributed by atoms with Crippen molar-refractivity contribution in [3.8, 4) is 0 Å². The monoisotopic (exact) mass is 383 g/mol. The van der Waals surface area contributed by atoms with Gasteiger partial charge < -0.3 is 0 Å². The van der Waals surface area contributed by atoms with E-state index in [9.17, 15) is 0 Å². The lowest BCUT2D eigenvalue weighted by atomic mass is 9.44. The van der Waals surface area contributed by atoms with Gasteiger partial charge in [0.1, 0.15) is 0 Å². The highest BCUT2D eigenvalue weighted by Gasteiger charge is 2.64. The SMILES string of the molecule is CC(C)C1CCCC(C(C)C)C1N1[C]C2(CC1(C)C)C1CC3CC(C1)CC2C3.